The molecule has 7 nitrogen and oxygen atoms in total. The van der Waals surface area contributed by atoms with Crippen molar-refractivity contribution < 1.29 is 24.6 Å². The Hall–Kier alpha value is -1.63. The van der Waals surface area contributed by atoms with E-state index < -0.39 is 30.4 Å². The van der Waals surface area contributed by atoms with Crippen molar-refractivity contribution in [1.29, 1.82) is 0 Å². The molecule has 0 aliphatic carbocycles. The van der Waals surface area contributed by atoms with Crippen LogP contribution in [0.25, 0.3) is 0 Å². The highest BCUT2D eigenvalue weighted by molar-refractivity contribution is 5.86. The Bertz CT molecular complexity index is 253. The number of carboxylic acids is 1. The Kier molecular flexibility index (Phi) is 6.03. The normalized spacial score (nSPS) is 11.8. The quantitative estimate of drug-likeness (QED) is 0.400. The number of rotatable bonds is 7. The molecular formula is C8H14N2O5. The zero-order chi connectivity index (χ0) is 11.8. The van der Waals surface area contributed by atoms with Crippen molar-refractivity contribution in [3.63, 3.8) is 0 Å². The number of primary amides is 1. The van der Waals surface area contributed by atoms with Crippen molar-refractivity contribution in [1.82, 2.24) is 5.32 Å². The zero-order valence-electron chi connectivity index (χ0n) is 8.10. The van der Waals surface area contributed by atoms with Crippen molar-refractivity contribution >= 4 is 17.8 Å². The van der Waals surface area contributed by atoms with Gasteiger partial charge in [-0.1, -0.05) is 0 Å². The maximum Gasteiger partial charge on any atom is 0.303 e. The molecule has 86 valence electrons. The van der Waals surface area contributed by atoms with Gasteiger partial charge in [0.2, 0.25) is 11.8 Å². The molecule has 0 saturated heterocycles. The Morgan fingerprint density at radius 3 is 2.27 bits per heavy atom. The van der Waals surface area contributed by atoms with Crippen LogP contribution in [0, 0.1) is 0 Å². The minimum atomic E-state index is -1.11. The fourth-order valence-corrected chi connectivity index (χ4v) is 0.873. The van der Waals surface area contributed by atoms with Crippen LogP contribution in [0.5, 0.6) is 0 Å². The van der Waals surface area contributed by atoms with E-state index in [9.17, 15) is 14.4 Å². The summed E-state index contributed by atoms with van der Waals surface area (Å²) in [5, 5.41) is 19.1. The minimum absolute atomic E-state index is 0.0178. The molecule has 0 bridgehead atoms. The van der Waals surface area contributed by atoms with Crippen LogP contribution in [-0.4, -0.2) is 40.6 Å². The predicted molar refractivity (Wildman–Crippen MR) is 49.7 cm³/mol. The molecule has 0 aromatic heterocycles. The predicted octanol–water partition coefficient (Wildman–Crippen LogP) is -1.80. The smallest absolute Gasteiger partial charge is 0.303 e. The summed E-state index contributed by atoms with van der Waals surface area (Å²) in [6, 6.07) is -1.11. The number of hydrogen-bond acceptors (Lipinski definition) is 4. The topological polar surface area (TPSA) is 130 Å². The number of aliphatic hydroxyl groups is 1. The largest absolute Gasteiger partial charge is 0.481 e. The first-order valence-electron chi connectivity index (χ1n) is 4.38. The molecule has 7 heteroatoms. The molecular weight excluding hydrogens is 204 g/mol. The molecule has 2 amide bonds. The number of aliphatic hydroxyl groups excluding tert-OH is 1. The number of hydrogen-bond donors (Lipinski definition) is 4. The van der Waals surface area contributed by atoms with E-state index >= 15 is 0 Å². The number of nitrogens with two attached hydrogens (primary N) is 1. The lowest BCUT2D eigenvalue weighted by molar-refractivity contribution is -0.137. The van der Waals surface area contributed by atoms with Gasteiger partial charge in [0.25, 0.3) is 0 Å². The van der Waals surface area contributed by atoms with Gasteiger partial charge < -0.3 is 21.3 Å². The van der Waals surface area contributed by atoms with Crippen LogP contribution in [0.15, 0.2) is 0 Å². The molecule has 0 unspecified atom stereocenters. The molecule has 1 atom stereocenters. The van der Waals surface area contributed by atoms with Crippen LogP contribution < -0.4 is 11.1 Å². The lowest BCUT2D eigenvalue weighted by Gasteiger charge is -2.11. The van der Waals surface area contributed by atoms with E-state index in [4.69, 9.17) is 15.9 Å². The van der Waals surface area contributed by atoms with Crippen LogP contribution in [0.2, 0.25) is 0 Å². The van der Waals surface area contributed by atoms with Crippen molar-refractivity contribution in [2.45, 2.75) is 25.3 Å². The molecule has 0 aliphatic rings. The minimum Gasteiger partial charge on any atom is -0.481 e. The fourth-order valence-electron chi connectivity index (χ4n) is 0.873. The lowest BCUT2D eigenvalue weighted by atomic mass is 10.2. The van der Waals surface area contributed by atoms with Crippen LogP contribution in [0.1, 0.15) is 19.3 Å². The first-order chi connectivity index (χ1) is 6.97. The van der Waals surface area contributed by atoms with Gasteiger partial charge in [0.05, 0.1) is 6.61 Å². The van der Waals surface area contributed by atoms with E-state index in [0.29, 0.717) is 0 Å². The SMILES string of the molecule is NC(=O)[C@H](CO)NC(=O)CCCC(=O)O. The number of carbonyl (C=O) groups excluding carboxylic acids is 2. The van der Waals surface area contributed by atoms with Gasteiger partial charge in [-0.2, -0.15) is 0 Å². The molecule has 15 heavy (non-hydrogen) atoms. The van der Waals surface area contributed by atoms with Crippen LogP contribution in [0.3, 0.4) is 0 Å². The summed E-state index contributed by atoms with van der Waals surface area (Å²) >= 11 is 0. The van der Waals surface area contributed by atoms with E-state index in [0.717, 1.165) is 0 Å². The van der Waals surface area contributed by atoms with E-state index in [1.165, 1.54) is 0 Å². The standard InChI is InChI=1S/C8H14N2O5/c9-8(15)5(4-11)10-6(12)2-1-3-7(13)14/h5,11H,1-4H2,(H2,9,15)(H,10,12)(H,13,14)/t5-/m0/s1. The Labute approximate surface area is 86.3 Å². The number of amides is 2. The molecule has 0 aromatic carbocycles. The maximum atomic E-state index is 11.1. The third-order valence-corrected chi connectivity index (χ3v) is 1.66. The summed E-state index contributed by atoms with van der Waals surface area (Å²) in [4.78, 5) is 31.8. The summed E-state index contributed by atoms with van der Waals surface area (Å²) in [6.45, 7) is -0.569. The van der Waals surface area contributed by atoms with Crippen molar-refractivity contribution in [2.24, 2.45) is 5.73 Å². The lowest BCUT2D eigenvalue weighted by Crippen LogP contribution is -2.46. The van der Waals surface area contributed by atoms with Crippen LogP contribution >= 0.6 is 0 Å². The third-order valence-electron chi connectivity index (χ3n) is 1.66. The second-order valence-electron chi connectivity index (χ2n) is 2.95. The highest BCUT2D eigenvalue weighted by atomic mass is 16.4. The molecule has 5 N–H and O–H groups in total. The monoisotopic (exact) mass is 218 g/mol. The highest BCUT2D eigenvalue weighted by Gasteiger charge is 2.16. The Morgan fingerprint density at radius 2 is 1.87 bits per heavy atom. The van der Waals surface area contributed by atoms with E-state index in [-0.39, 0.29) is 19.3 Å². The van der Waals surface area contributed by atoms with Gasteiger partial charge in [0, 0.05) is 12.8 Å². The highest BCUT2D eigenvalue weighted by Crippen LogP contribution is 1.95. The van der Waals surface area contributed by atoms with E-state index in [1.807, 2.05) is 0 Å². The second kappa shape index (κ2) is 6.77. The number of carboxylic acid groups (broad SMARTS) is 1. The molecule has 0 aromatic rings. The molecule has 0 fully saturated rings. The number of aliphatic carboxylic acids is 1. The first-order valence-corrected chi connectivity index (χ1v) is 4.38. The third kappa shape index (κ3) is 6.44. The number of nitrogens with one attached hydrogen (secondary N) is 1. The van der Waals surface area contributed by atoms with Crippen molar-refractivity contribution in [2.75, 3.05) is 6.61 Å². The average molecular weight is 218 g/mol. The van der Waals surface area contributed by atoms with Gasteiger partial charge in [-0.15, -0.1) is 0 Å². The molecule has 0 aliphatic heterocycles. The van der Waals surface area contributed by atoms with Gasteiger partial charge in [0.15, 0.2) is 0 Å². The van der Waals surface area contributed by atoms with Crippen LogP contribution in [-0.2, 0) is 14.4 Å². The van der Waals surface area contributed by atoms with Gasteiger partial charge >= 0.3 is 5.97 Å². The summed E-state index contributed by atoms with van der Waals surface area (Å²) in [7, 11) is 0. The summed E-state index contributed by atoms with van der Waals surface area (Å²) in [5.74, 6) is -2.32. The molecule has 0 saturated carbocycles. The zero-order valence-corrected chi connectivity index (χ0v) is 8.10. The Morgan fingerprint density at radius 1 is 1.27 bits per heavy atom. The summed E-state index contributed by atoms with van der Waals surface area (Å²) in [6.07, 6.45) is 0.0436. The molecule has 0 radical (unpaired) electrons. The second-order valence-corrected chi connectivity index (χ2v) is 2.95. The van der Waals surface area contributed by atoms with Gasteiger partial charge in [-0.25, -0.2) is 0 Å². The summed E-state index contributed by atoms with van der Waals surface area (Å²) in [5.41, 5.74) is 4.86. The maximum absolute atomic E-state index is 11.1. The first kappa shape index (κ1) is 13.4. The van der Waals surface area contributed by atoms with Gasteiger partial charge in [0.1, 0.15) is 6.04 Å². The summed E-state index contributed by atoms with van der Waals surface area (Å²) < 4.78 is 0. The molecule has 0 spiro atoms. The van der Waals surface area contributed by atoms with Gasteiger partial charge in [-0.3, -0.25) is 14.4 Å². The number of carbonyl (C=O) groups is 3. The van der Waals surface area contributed by atoms with Gasteiger partial charge in [-0.05, 0) is 6.42 Å². The van der Waals surface area contributed by atoms with Crippen molar-refractivity contribution in [3.05, 3.63) is 0 Å². The van der Waals surface area contributed by atoms with Crippen molar-refractivity contribution in [3.8, 4) is 0 Å². The fraction of sp³-hybridized carbons (Fsp3) is 0.625. The molecule has 0 heterocycles. The molecule has 0 rings (SSSR count). The van der Waals surface area contributed by atoms with E-state index in [1.54, 1.807) is 0 Å². The Balaban J connectivity index is 3.81. The van der Waals surface area contributed by atoms with Crippen LogP contribution in [0.4, 0.5) is 0 Å². The van der Waals surface area contributed by atoms with E-state index in [2.05, 4.69) is 5.32 Å². The average Bonchev–Trinajstić information content (AvgIpc) is 2.13.